The van der Waals surface area contributed by atoms with Gasteiger partial charge in [0.2, 0.25) is 5.91 Å². The standard InChI is InChI=1S/C28H29N5O4/c1-18-21(30-24(34)19-10-6-5-7-11-19)13-14-22-23(18)25(35)37-27(31-22)32-28(2,3)26(36)33(4)17-15-20-12-8-9-16-29-20/h5-14,16H,15,17H2,1-4H3,(H,30,34)(H,31,32). The summed E-state index contributed by atoms with van der Waals surface area (Å²) in [4.78, 5) is 48.9. The van der Waals surface area contributed by atoms with E-state index in [1.54, 1.807) is 75.3 Å². The molecule has 0 unspecified atom stereocenters. The Morgan fingerprint density at radius 2 is 1.76 bits per heavy atom. The van der Waals surface area contributed by atoms with E-state index in [0.29, 0.717) is 35.3 Å². The van der Waals surface area contributed by atoms with Crippen molar-refractivity contribution >= 4 is 34.4 Å². The van der Waals surface area contributed by atoms with Crippen LogP contribution < -0.4 is 16.3 Å². The number of amides is 2. The van der Waals surface area contributed by atoms with Crippen LogP contribution in [0.15, 0.2) is 76.1 Å². The van der Waals surface area contributed by atoms with Crippen LogP contribution in [0.5, 0.6) is 0 Å². The molecule has 2 aromatic heterocycles. The Morgan fingerprint density at radius 3 is 2.46 bits per heavy atom. The molecule has 4 aromatic rings. The smallest absolute Gasteiger partial charge is 0.348 e. The van der Waals surface area contributed by atoms with E-state index < -0.39 is 11.2 Å². The van der Waals surface area contributed by atoms with Crippen LogP contribution in [0, 0.1) is 6.92 Å². The number of benzene rings is 2. The average Bonchev–Trinajstić information content (AvgIpc) is 2.89. The molecule has 9 nitrogen and oxygen atoms in total. The summed E-state index contributed by atoms with van der Waals surface area (Å²) >= 11 is 0. The summed E-state index contributed by atoms with van der Waals surface area (Å²) in [5, 5.41) is 6.05. The van der Waals surface area contributed by atoms with E-state index in [0.717, 1.165) is 5.69 Å². The van der Waals surface area contributed by atoms with Crippen LogP contribution in [0.3, 0.4) is 0 Å². The van der Waals surface area contributed by atoms with Gasteiger partial charge in [-0.1, -0.05) is 24.3 Å². The maximum absolute atomic E-state index is 13.1. The molecule has 9 heteroatoms. The molecule has 2 heterocycles. The van der Waals surface area contributed by atoms with Gasteiger partial charge in [-0.25, -0.2) is 4.79 Å². The van der Waals surface area contributed by atoms with Crippen molar-refractivity contribution in [3.8, 4) is 0 Å². The molecule has 0 aliphatic heterocycles. The maximum atomic E-state index is 13.1. The Labute approximate surface area is 214 Å². The van der Waals surface area contributed by atoms with E-state index in [9.17, 15) is 14.4 Å². The fourth-order valence-electron chi connectivity index (χ4n) is 4.02. The number of fused-ring (bicyclic) bond motifs is 1. The van der Waals surface area contributed by atoms with Crippen LogP contribution in [0.1, 0.15) is 35.5 Å². The van der Waals surface area contributed by atoms with Crippen molar-refractivity contribution in [3.05, 3.63) is 94.1 Å². The van der Waals surface area contributed by atoms with Crippen molar-refractivity contribution in [1.29, 1.82) is 0 Å². The van der Waals surface area contributed by atoms with Crippen LogP contribution >= 0.6 is 0 Å². The highest BCUT2D eigenvalue weighted by atomic mass is 16.4. The van der Waals surface area contributed by atoms with Crippen LogP contribution in [0.4, 0.5) is 11.7 Å². The van der Waals surface area contributed by atoms with Crippen LogP contribution in [0.25, 0.3) is 10.9 Å². The summed E-state index contributed by atoms with van der Waals surface area (Å²) in [5.74, 6) is -0.478. The van der Waals surface area contributed by atoms with E-state index in [4.69, 9.17) is 4.42 Å². The first-order chi connectivity index (χ1) is 17.7. The molecule has 4 rings (SSSR count). The number of likely N-dealkylation sites (N-methyl/N-ethyl adjacent to an activating group) is 1. The van der Waals surface area contributed by atoms with E-state index >= 15 is 0 Å². The highest BCUT2D eigenvalue weighted by Crippen LogP contribution is 2.25. The van der Waals surface area contributed by atoms with E-state index in [-0.39, 0.29) is 23.2 Å². The molecule has 0 fully saturated rings. The van der Waals surface area contributed by atoms with Crippen LogP contribution in [-0.2, 0) is 11.2 Å². The van der Waals surface area contributed by atoms with Crippen molar-refractivity contribution in [3.63, 3.8) is 0 Å². The molecule has 0 aliphatic rings. The lowest BCUT2D eigenvalue weighted by Crippen LogP contribution is -2.49. The van der Waals surface area contributed by atoms with Crippen molar-refractivity contribution in [2.45, 2.75) is 32.7 Å². The van der Waals surface area contributed by atoms with Crippen molar-refractivity contribution in [2.24, 2.45) is 0 Å². The van der Waals surface area contributed by atoms with Gasteiger partial charge < -0.3 is 20.0 Å². The van der Waals surface area contributed by atoms with Gasteiger partial charge in [-0.3, -0.25) is 14.6 Å². The fraction of sp³-hybridized carbons (Fsp3) is 0.250. The molecule has 0 bridgehead atoms. The SMILES string of the molecule is Cc1c(NC(=O)c2ccccc2)ccc2nc(NC(C)(C)C(=O)N(C)CCc3ccccn3)oc(=O)c12. The number of anilines is 2. The fourth-order valence-corrected chi connectivity index (χ4v) is 4.02. The first-order valence-corrected chi connectivity index (χ1v) is 11.9. The molecule has 2 N–H and O–H groups in total. The molecule has 0 radical (unpaired) electrons. The number of nitrogens with one attached hydrogen (secondary N) is 2. The molecular weight excluding hydrogens is 470 g/mol. The lowest BCUT2D eigenvalue weighted by Gasteiger charge is -2.30. The average molecular weight is 500 g/mol. The first-order valence-electron chi connectivity index (χ1n) is 11.9. The molecule has 0 aliphatic carbocycles. The van der Waals surface area contributed by atoms with E-state index in [2.05, 4.69) is 20.6 Å². The van der Waals surface area contributed by atoms with Gasteiger partial charge in [0.15, 0.2) is 0 Å². The minimum absolute atomic E-state index is 0.0607. The Kier molecular flexibility index (Phi) is 7.33. The first kappa shape index (κ1) is 25.6. The highest BCUT2D eigenvalue weighted by molar-refractivity contribution is 6.05. The largest absolute Gasteiger partial charge is 0.389 e. The monoisotopic (exact) mass is 499 g/mol. The van der Waals surface area contributed by atoms with Gasteiger partial charge in [0.05, 0.1) is 10.9 Å². The Morgan fingerprint density at radius 1 is 1.03 bits per heavy atom. The Balaban J connectivity index is 1.50. The number of nitrogens with zero attached hydrogens (tertiary/aromatic N) is 3. The summed E-state index contributed by atoms with van der Waals surface area (Å²) in [6.45, 7) is 5.60. The normalized spacial score (nSPS) is 11.2. The van der Waals surface area contributed by atoms with Gasteiger partial charge >= 0.3 is 5.63 Å². The maximum Gasteiger partial charge on any atom is 0.348 e. The third kappa shape index (κ3) is 5.83. The predicted octanol–water partition coefficient (Wildman–Crippen LogP) is 4.04. The summed E-state index contributed by atoms with van der Waals surface area (Å²) < 4.78 is 5.44. The van der Waals surface area contributed by atoms with Crippen molar-refractivity contribution in [1.82, 2.24) is 14.9 Å². The second-order valence-corrected chi connectivity index (χ2v) is 9.31. The van der Waals surface area contributed by atoms with E-state index in [1.165, 1.54) is 0 Å². The Bertz CT molecular complexity index is 1480. The number of aromatic nitrogens is 2. The van der Waals surface area contributed by atoms with Crippen molar-refractivity contribution < 1.29 is 14.0 Å². The van der Waals surface area contributed by atoms with Crippen LogP contribution in [0.2, 0.25) is 0 Å². The molecular formula is C28H29N5O4. The summed E-state index contributed by atoms with van der Waals surface area (Å²) in [7, 11) is 1.72. The molecule has 2 aromatic carbocycles. The lowest BCUT2D eigenvalue weighted by molar-refractivity contribution is -0.133. The van der Waals surface area contributed by atoms with Crippen LogP contribution in [-0.4, -0.2) is 45.8 Å². The second kappa shape index (κ2) is 10.6. The summed E-state index contributed by atoms with van der Waals surface area (Å²) in [6.07, 6.45) is 2.34. The topological polar surface area (TPSA) is 117 Å². The zero-order valence-corrected chi connectivity index (χ0v) is 21.2. The minimum atomic E-state index is -1.09. The van der Waals surface area contributed by atoms with Crippen molar-refractivity contribution in [2.75, 3.05) is 24.2 Å². The number of pyridine rings is 1. The zero-order chi connectivity index (χ0) is 26.6. The predicted molar refractivity (Wildman–Crippen MR) is 143 cm³/mol. The summed E-state index contributed by atoms with van der Waals surface area (Å²) in [5.41, 5.74) is 1.11. The number of carbonyl (C=O) groups excluding carboxylic acids is 2. The van der Waals surface area contributed by atoms with Gasteiger partial charge in [0.25, 0.3) is 11.9 Å². The second-order valence-electron chi connectivity index (χ2n) is 9.31. The quantitative estimate of drug-likeness (QED) is 0.376. The van der Waals surface area contributed by atoms with Gasteiger partial charge in [0, 0.05) is 43.2 Å². The number of carbonyl (C=O) groups is 2. The molecule has 37 heavy (non-hydrogen) atoms. The number of hydrogen-bond donors (Lipinski definition) is 2. The number of hydrogen-bond acceptors (Lipinski definition) is 7. The molecule has 0 atom stereocenters. The zero-order valence-electron chi connectivity index (χ0n) is 21.2. The number of aryl methyl sites for hydroxylation is 1. The molecule has 2 amide bonds. The third-order valence-electron chi connectivity index (χ3n) is 6.07. The van der Waals surface area contributed by atoms with Gasteiger partial charge in [-0.15, -0.1) is 0 Å². The van der Waals surface area contributed by atoms with Gasteiger partial charge in [0.1, 0.15) is 5.54 Å². The molecule has 0 spiro atoms. The molecule has 0 saturated carbocycles. The Hall–Kier alpha value is -4.53. The van der Waals surface area contributed by atoms with Gasteiger partial charge in [-0.05, 0) is 62.7 Å². The lowest BCUT2D eigenvalue weighted by atomic mass is 10.0. The molecule has 190 valence electrons. The molecule has 0 saturated heterocycles. The third-order valence-corrected chi connectivity index (χ3v) is 6.07. The minimum Gasteiger partial charge on any atom is -0.389 e. The van der Waals surface area contributed by atoms with E-state index in [1.807, 2.05) is 24.3 Å². The summed E-state index contributed by atoms with van der Waals surface area (Å²) in [6, 6.07) is 17.7. The van der Waals surface area contributed by atoms with Gasteiger partial charge in [-0.2, -0.15) is 4.98 Å². The number of rotatable bonds is 8. The highest BCUT2D eigenvalue weighted by Gasteiger charge is 2.32.